The maximum absolute atomic E-state index is 12.7. The number of aryl methyl sites for hydroxylation is 4. The lowest BCUT2D eigenvalue weighted by Crippen LogP contribution is -2.41. The van der Waals surface area contributed by atoms with Gasteiger partial charge in [0.15, 0.2) is 18.1 Å². The Balaban J connectivity index is 1.45. The molecule has 0 aliphatic carbocycles. The molecule has 0 spiro atoms. The van der Waals surface area contributed by atoms with E-state index in [-0.39, 0.29) is 18.4 Å². The van der Waals surface area contributed by atoms with Crippen LogP contribution < -0.4 is 4.74 Å². The minimum absolute atomic E-state index is 0.0425. The van der Waals surface area contributed by atoms with Gasteiger partial charge in [-0.15, -0.1) is 5.10 Å². The van der Waals surface area contributed by atoms with Crippen molar-refractivity contribution in [3.05, 3.63) is 29.0 Å². The van der Waals surface area contributed by atoms with E-state index in [9.17, 15) is 4.79 Å². The summed E-state index contributed by atoms with van der Waals surface area (Å²) < 4.78 is 7.51. The van der Waals surface area contributed by atoms with Crippen LogP contribution in [0.15, 0.2) is 6.07 Å². The molecule has 0 unspecified atom stereocenters. The molecule has 0 saturated carbocycles. The molecule has 9 nitrogen and oxygen atoms in total. The van der Waals surface area contributed by atoms with Crippen molar-refractivity contribution in [3.8, 4) is 5.88 Å². The molecule has 148 valence electrons. The number of aromatic amines is 1. The summed E-state index contributed by atoms with van der Waals surface area (Å²) >= 11 is 0. The zero-order valence-electron chi connectivity index (χ0n) is 16.7. The third-order valence-corrected chi connectivity index (χ3v) is 5.17. The summed E-state index contributed by atoms with van der Waals surface area (Å²) in [6.07, 6.45) is 1.91. The first-order chi connectivity index (χ1) is 13.4. The molecular formula is C19H25N7O2. The quantitative estimate of drug-likeness (QED) is 0.737. The van der Waals surface area contributed by atoms with Gasteiger partial charge in [-0.3, -0.25) is 9.89 Å². The number of pyridine rings is 1. The first kappa shape index (κ1) is 18.4. The molecule has 3 aromatic heterocycles. The average Bonchev–Trinajstić information content (AvgIpc) is 3.23. The smallest absolute Gasteiger partial charge is 0.260 e. The van der Waals surface area contributed by atoms with Crippen LogP contribution in [0.5, 0.6) is 5.88 Å². The molecular weight excluding hydrogens is 358 g/mol. The number of rotatable bonds is 4. The summed E-state index contributed by atoms with van der Waals surface area (Å²) in [5.74, 6) is 2.14. The van der Waals surface area contributed by atoms with Crippen molar-refractivity contribution >= 4 is 16.9 Å². The van der Waals surface area contributed by atoms with E-state index in [1.54, 1.807) is 4.68 Å². The minimum Gasteiger partial charge on any atom is -0.466 e. The lowest BCUT2D eigenvalue weighted by atomic mass is 9.97. The van der Waals surface area contributed by atoms with Gasteiger partial charge in [-0.05, 0) is 45.2 Å². The fourth-order valence-electron chi connectivity index (χ4n) is 3.83. The van der Waals surface area contributed by atoms with E-state index in [4.69, 9.17) is 4.74 Å². The zero-order valence-corrected chi connectivity index (χ0v) is 16.7. The summed E-state index contributed by atoms with van der Waals surface area (Å²) in [5, 5.41) is 12.4. The lowest BCUT2D eigenvalue weighted by Gasteiger charge is -2.31. The Hall–Kier alpha value is -2.97. The molecule has 4 rings (SSSR count). The number of H-pyrrole nitrogens is 1. The zero-order chi connectivity index (χ0) is 19.8. The fourth-order valence-corrected chi connectivity index (χ4v) is 3.83. The Bertz CT molecular complexity index is 1020. The van der Waals surface area contributed by atoms with Crippen LogP contribution >= 0.6 is 0 Å². The minimum atomic E-state index is -0.0477. The maximum atomic E-state index is 12.7. The number of hydrogen-bond donors (Lipinski definition) is 1. The SMILES string of the molecule is Cc1cc(C)c2c(OCC(=O)N3CCC[C@H](c4n[nH]c(C)n4)C3)nn(C)c2n1. The number of ether oxygens (including phenoxy) is 1. The molecule has 0 aromatic carbocycles. The van der Waals surface area contributed by atoms with Crippen molar-refractivity contribution in [2.75, 3.05) is 19.7 Å². The fraction of sp³-hybridized carbons (Fsp3) is 0.526. The Morgan fingerprint density at radius 3 is 2.89 bits per heavy atom. The Labute approximate surface area is 163 Å². The maximum Gasteiger partial charge on any atom is 0.260 e. The van der Waals surface area contributed by atoms with E-state index < -0.39 is 0 Å². The number of carbonyl (C=O) groups excluding carboxylic acids is 1. The van der Waals surface area contributed by atoms with Gasteiger partial charge in [-0.1, -0.05) is 0 Å². The topological polar surface area (TPSA) is 102 Å². The van der Waals surface area contributed by atoms with Crippen LogP contribution in [0.25, 0.3) is 11.0 Å². The van der Waals surface area contributed by atoms with Gasteiger partial charge in [-0.25, -0.2) is 14.6 Å². The second-order valence-electron chi connectivity index (χ2n) is 7.45. The van der Waals surface area contributed by atoms with Gasteiger partial charge in [0.05, 0.1) is 5.39 Å². The monoisotopic (exact) mass is 383 g/mol. The molecule has 9 heteroatoms. The largest absolute Gasteiger partial charge is 0.466 e. The number of fused-ring (bicyclic) bond motifs is 1. The van der Waals surface area contributed by atoms with E-state index in [0.717, 1.165) is 53.3 Å². The standard InChI is InChI=1S/C19H25N7O2/c1-11-8-12(2)20-18-16(11)19(24-25(18)4)28-10-15(27)26-7-5-6-14(9-26)17-21-13(3)22-23-17/h8,14H,5-7,9-10H2,1-4H3,(H,21,22,23)/t14-/m0/s1. The molecule has 4 heterocycles. The number of amides is 1. The Morgan fingerprint density at radius 1 is 1.32 bits per heavy atom. The molecule has 1 N–H and O–H groups in total. The predicted octanol–water partition coefficient (Wildman–Crippen LogP) is 1.80. The van der Waals surface area contributed by atoms with Crippen molar-refractivity contribution in [1.29, 1.82) is 0 Å². The van der Waals surface area contributed by atoms with Gasteiger partial charge in [0, 0.05) is 31.7 Å². The number of hydrogen-bond acceptors (Lipinski definition) is 6. The average molecular weight is 383 g/mol. The first-order valence-corrected chi connectivity index (χ1v) is 9.53. The van der Waals surface area contributed by atoms with E-state index in [0.29, 0.717) is 12.4 Å². The van der Waals surface area contributed by atoms with Crippen molar-refractivity contribution < 1.29 is 9.53 Å². The van der Waals surface area contributed by atoms with E-state index in [1.165, 1.54) is 0 Å². The normalized spacial score (nSPS) is 17.3. The van der Waals surface area contributed by atoms with Crippen LogP contribution in [0.4, 0.5) is 0 Å². The highest BCUT2D eigenvalue weighted by Crippen LogP contribution is 2.28. The van der Waals surface area contributed by atoms with E-state index >= 15 is 0 Å². The third kappa shape index (κ3) is 3.44. The van der Waals surface area contributed by atoms with Crippen molar-refractivity contribution in [2.24, 2.45) is 7.05 Å². The van der Waals surface area contributed by atoms with Crippen molar-refractivity contribution in [3.63, 3.8) is 0 Å². The first-order valence-electron chi connectivity index (χ1n) is 9.53. The lowest BCUT2D eigenvalue weighted by molar-refractivity contribution is -0.134. The van der Waals surface area contributed by atoms with Gasteiger partial charge in [0.2, 0.25) is 5.88 Å². The van der Waals surface area contributed by atoms with Crippen LogP contribution in [-0.2, 0) is 11.8 Å². The van der Waals surface area contributed by atoms with Gasteiger partial charge in [-0.2, -0.15) is 5.10 Å². The number of likely N-dealkylation sites (tertiary alicyclic amines) is 1. The van der Waals surface area contributed by atoms with Gasteiger partial charge in [0.25, 0.3) is 5.91 Å². The van der Waals surface area contributed by atoms with Crippen LogP contribution in [0.2, 0.25) is 0 Å². The molecule has 1 aliphatic heterocycles. The molecule has 1 fully saturated rings. The molecule has 0 radical (unpaired) electrons. The van der Waals surface area contributed by atoms with Crippen molar-refractivity contribution in [2.45, 2.75) is 39.5 Å². The number of nitrogens with one attached hydrogen (secondary N) is 1. The van der Waals surface area contributed by atoms with Crippen LogP contribution in [0.1, 0.15) is 41.7 Å². The predicted molar refractivity (Wildman–Crippen MR) is 103 cm³/mol. The molecule has 1 saturated heterocycles. The number of aromatic nitrogens is 6. The highest BCUT2D eigenvalue weighted by Gasteiger charge is 2.27. The van der Waals surface area contributed by atoms with E-state index in [2.05, 4.69) is 25.3 Å². The van der Waals surface area contributed by atoms with Gasteiger partial charge < -0.3 is 9.64 Å². The van der Waals surface area contributed by atoms with Gasteiger partial charge in [0.1, 0.15) is 5.82 Å². The summed E-state index contributed by atoms with van der Waals surface area (Å²) in [5.41, 5.74) is 2.73. The highest BCUT2D eigenvalue weighted by atomic mass is 16.5. The highest BCUT2D eigenvalue weighted by molar-refractivity contribution is 5.85. The second-order valence-corrected chi connectivity index (χ2v) is 7.45. The van der Waals surface area contributed by atoms with E-state index in [1.807, 2.05) is 38.8 Å². The molecule has 1 amide bonds. The summed E-state index contributed by atoms with van der Waals surface area (Å²) in [4.78, 5) is 23.5. The van der Waals surface area contributed by atoms with Crippen LogP contribution in [0.3, 0.4) is 0 Å². The summed E-state index contributed by atoms with van der Waals surface area (Å²) in [6.45, 7) is 7.13. The second kappa shape index (κ2) is 7.21. The molecule has 3 aromatic rings. The van der Waals surface area contributed by atoms with Crippen LogP contribution in [-0.4, -0.2) is 60.4 Å². The molecule has 0 bridgehead atoms. The number of nitrogens with zero attached hydrogens (tertiary/aromatic N) is 6. The van der Waals surface area contributed by atoms with Crippen molar-refractivity contribution in [1.82, 2.24) is 34.8 Å². The Kier molecular flexibility index (Phi) is 4.74. The van der Waals surface area contributed by atoms with Crippen LogP contribution in [0, 0.1) is 20.8 Å². The third-order valence-electron chi connectivity index (χ3n) is 5.17. The summed E-state index contributed by atoms with van der Waals surface area (Å²) in [6, 6.07) is 1.99. The Morgan fingerprint density at radius 2 is 2.14 bits per heavy atom. The summed E-state index contributed by atoms with van der Waals surface area (Å²) in [7, 11) is 1.83. The molecule has 1 atom stereocenters. The van der Waals surface area contributed by atoms with Gasteiger partial charge >= 0.3 is 0 Å². The molecule has 28 heavy (non-hydrogen) atoms. The number of carbonyl (C=O) groups is 1. The number of piperidine rings is 1. The molecule has 1 aliphatic rings.